The number of esters is 2. The molecule has 0 saturated carbocycles. The molecule has 4 aliphatic rings. The van der Waals surface area contributed by atoms with Gasteiger partial charge in [0.15, 0.2) is 12.4 Å². The van der Waals surface area contributed by atoms with E-state index in [1.807, 2.05) is 73.9 Å². The summed E-state index contributed by atoms with van der Waals surface area (Å²) in [7, 11) is 4.77. The minimum atomic E-state index is -0.312. The lowest BCUT2D eigenvalue weighted by atomic mass is 10.1. The van der Waals surface area contributed by atoms with Gasteiger partial charge in [-0.2, -0.15) is 10.5 Å². The predicted octanol–water partition coefficient (Wildman–Crippen LogP) is 3.10. The van der Waals surface area contributed by atoms with Crippen molar-refractivity contribution in [2.24, 2.45) is 0 Å². The van der Waals surface area contributed by atoms with Gasteiger partial charge in [-0.05, 0) is 56.9 Å². The van der Waals surface area contributed by atoms with Gasteiger partial charge in [0.2, 0.25) is 0 Å². The number of benzene rings is 2. The monoisotopic (exact) mass is 684 g/mol. The standard InChI is InChI=1S/C12H14N2O.C7H7Cl.C6H8N2O2.C5H9NO2.C5H11NO/c13-10-14-7-6-12(14)9-15-8-11-4-2-1-3-5-11;8-6-7-4-2-1-3-5-7;1-10-6(9)5-2-3-8(5)4-7;1-8-5(7)4-2-3-6-4;1-6-3-2-5(6)4-7/h1-5,12H,6-9H2;1-5H,6H2;5H,2-3H2,1H3;4,6H,2-3H2,1H3;5,7H,2-4H2,1H3. The number of carbonyl (C=O) groups excluding carboxylic acids is 2. The van der Waals surface area contributed by atoms with Gasteiger partial charge in [-0.1, -0.05) is 60.7 Å². The van der Waals surface area contributed by atoms with Gasteiger partial charge in [0, 0.05) is 25.0 Å². The number of hydrogen-bond donors (Lipinski definition) is 2. The number of halogens is 1. The highest BCUT2D eigenvalue weighted by Crippen LogP contribution is 2.17. The fraction of sp³-hybridized carbons (Fsp3) is 0.543. The number of nitrogens with one attached hydrogen (secondary N) is 1. The first kappa shape index (κ1) is 40.3. The fourth-order valence-corrected chi connectivity index (χ4v) is 4.70. The molecule has 6 rings (SSSR count). The molecule has 4 fully saturated rings. The van der Waals surface area contributed by atoms with E-state index in [4.69, 9.17) is 32.0 Å². The summed E-state index contributed by atoms with van der Waals surface area (Å²) in [6.45, 7) is 5.28. The second-order valence-electron chi connectivity index (χ2n) is 11.4. The molecular weight excluding hydrogens is 636 g/mol. The van der Waals surface area contributed by atoms with E-state index in [1.165, 1.54) is 36.7 Å². The summed E-state index contributed by atoms with van der Waals surface area (Å²) in [5.74, 6) is 0.157. The minimum absolute atomic E-state index is 0.0139. The van der Waals surface area contributed by atoms with Crippen molar-refractivity contribution in [2.45, 2.75) is 62.3 Å². The topological polar surface area (TPSA) is 151 Å². The molecule has 0 aromatic heterocycles. The zero-order chi connectivity index (χ0) is 35.1. The third-order valence-electron chi connectivity index (χ3n) is 8.27. The van der Waals surface area contributed by atoms with Crippen LogP contribution in [0.15, 0.2) is 60.7 Å². The maximum absolute atomic E-state index is 10.7. The average molecular weight is 685 g/mol. The van der Waals surface area contributed by atoms with Gasteiger partial charge >= 0.3 is 11.9 Å². The van der Waals surface area contributed by atoms with Crippen molar-refractivity contribution < 1.29 is 28.9 Å². The fourth-order valence-electron chi connectivity index (χ4n) is 4.52. The third kappa shape index (κ3) is 14.1. The molecular formula is C35H49ClN6O6. The van der Waals surface area contributed by atoms with Crippen molar-refractivity contribution in [3.05, 3.63) is 71.8 Å². The van der Waals surface area contributed by atoms with Gasteiger partial charge in [0.25, 0.3) is 0 Å². The number of methoxy groups -OCH3 is 2. The van der Waals surface area contributed by atoms with E-state index in [9.17, 15) is 9.59 Å². The Morgan fingerprint density at radius 3 is 1.71 bits per heavy atom. The summed E-state index contributed by atoms with van der Waals surface area (Å²) in [6, 6.07) is 20.5. The van der Waals surface area contributed by atoms with E-state index < -0.39 is 0 Å². The van der Waals surface area contributed by atoms with Crippen molar-refractivity contribution in [1.29, 1.82) is 10.5 Å². The molecule has 0 spiro atoms. The van der Waals surface area contributed by atoms with E-state index in [-0.39, 0.29) is 24.0 Å². The first-order valence-corrected chi connectivity index (χ1v) is 16.6. The van der Waals surface area contributed by atoms with Crippen LogP contribution < -0.4 is 5.32 Å². The molecule has 262 valence electrons. The smallest absolute Gasteiger partial charge is 0.329 e. The highest BCUT2D eigenvalue weighted by Gasteiger charge is 2.34. The number of nitriles is 2. The first-order chi connectivity index (χ1) is 23.3. The van der Waals surface area contributed by atoms with E-state index in [0.717, 1.165) is 38.9 Å². The molecule has 0 aliphatic carbocycles. The van der Waals surface area contributed by atoms with Gasteiger partial charge in [-0.15, -0.1) is 11.6 Å². The van der Waals surface area contributed by atoms with E-state index in [1.54, 1.807) is 4.90 Å². The second kappa shape index (κ2) is 23.4. The molecule has 4 aliphatic heterocycles. The maximum atomic E-state index is 10.7. The van der Waals surface area contributed by atoms with Crippen molar-refractivity contribution in [2.75, 3.05) is 60.7 Å². The molecule has 4 heterocycles. The number of ether oxygens (including phenoxy) is 3. The number of alkyl halides is 1. The summed E-state index contributed by atoms with van der Waals surface area (Å²) in [6.07, 6.45) is 7.96. The Labute approximate surface area is 289 Å². The van der Waals surface area contributed by atoms with Crippen molar-refractivity contribution in [3.8, 4) is 12.4 Å². The van der Waals surface area contributed by atoms with Crippen molar-refractivity contribution in [1.82, 2.24) is 20.0 Å². The number of carbonyl (C=O) groups is 2. The van der Waals surface area contributed by atoms with Crippen LogP contribution in [0.1, 0.15) is 36.8 Å². The zero-order valence-electron chi connectivity index (χ0n) is 28.2. The Kier molecular flexibility index (Phi) is 19.6. The summed E-state index contributed by atoms with van der Waals surface area (Å²) >= 11 is 5.53. The average Bonchev–Trinajstić information content (AvgIpc) is 3.06. The molecule has 13 heteroatoms. The van der Waals surface area contributed by atoms with Gasteiger partial charge in [-0.3, -0.25) is 9.69 Å². The summed E-state index contributed by atoms with van der Waals surface area (Å²) in [5, 5.41) is 28.5. The number of likely N-dealkylation sites (N-methyl/N-ethyl adjacent to an activating group) is 1. The maximum Gasteiger partial charge on any atom is 0.329 e. The zero-order valence-corrected chi connectivity index (χ0v) is 28.9. The number of nitrogens with zero attached hydrogens (tertiary/aromatic N) is 5. The Bertz CT molecular complexity index is 1270. The lowest BCUT2D eigenvalue weighted by Gasteiger charge is -2.36. The Balaban J connectivity index is 0.000000215. The third-order valence-corrected chi connectivity index (χ3v) is 8.58. The Morgan fingerprint density at radius 1 is 0.854 bits per heavy atom. The number of aliphatic hydroxyl groups is 1. The summed E-state index contributed by atoms with van der Waals surface area (Å²) in [5.41, 5.74) is 2.36. The molecule has 2 aromatic carbocycles. The van der Waals surface area contributed by atoms with Crippen LogP contribution in [0.3, 0.4) is 0 Å². The van der Waals surface area contributed by atoms with Crippen molar-refractivity contribution >= 4 is 23.5 Å². The van der Waals surface area contributed by atoms with Crippen molar-refractivity contribution in [3.63, 3.8) is 0 Å². The largest absolute Gasteiger partial charge is 0.468 e. The van der Waals surface area contributed by atoms with Crippen LogP contribution in [0.4, 0.5) is 0 Å². The summed E-state index contributed by atoms with van der Waals surface area (Å²) in [4.78, 5) is 26.6. The molecule has 4 atom stereocenters. The number of aliphatic hydroxyl groups excluding tert-OH is 1. The normalized spacial score (nSPS) is 21.5. The van der Waals surface area contributed by atoms with Gasteiger partial charge in [-0.25, -0.2) is 4.79 Å². The molecule has 0 bridgehead atoms. The first-order valence-electron chi connectivity index (χ1n) is 16.1. The number of likely N-dealkylation sites (tertiary alicyclic amines) is 3. The van der Waals surface area contributed by atoms with Crippen LogP contribution in [0.25, 0.3) is 0 Å². The van der Waals surface area contributed by atoms with Crippen LogP contribution >= 0.6 is 11.6 Å². The van der Waals surface area contributed by atoms with E-state index in [0.29, 0.717) is 44.3 Å². The SMILES string of the molecule is CN1CCC1CO.COC(=O)C1CCN1.COC(=O)C1CCN1C#N.ClCc1ccccc1.N#CN1CCC1COCc1ccccc1. The molecule has 4 unspecified atom stereocenters. The van der Waals surface area contributed by atoms with Crippen LogP contribution in [0, 0.1) is 22.9 Å². The van der Waals surface area contributed by atoms with Crippen LogP contribution in [-0.2, 0) is 36.3 Å². The quantitative estimate of drug-likeness (QED) is 0.239. The molecule has 4 saturated heterocycles. The highest BCUT2D eigenvalue weighted by molar-refractivity contribution is 6.17. The van der Waals surface area contributed by atoms with E-state index >= 15 is 0 Å². The van der Waals surface area contributed by atoms with Crippen LogP contribution in [0.5, 0.6) is 0 Å². The van der Waals surface area contributed by atoms with Crippen LogP contribution in [-0.4, -0.2) is 117 Å². The van der Waals surface area contributed by atoms with E-state index in [2.05, 4.69) is 25.9 Å². The van der Waals surface area contributed by atoms with Crippen LogP contribution in [0.2, 0.25) is 0 Å². The highest BCUT2D eigenvalue weighted by atomic mass is 35.5. The molecule has 12 nitrogen and oxygen atoms in total. The van der Waals surface area contributed by atoms with Gasteiger partial charge in [0.1, 0.15) is 12.1 Å². The predicted molar refractivity (Wildman–Crippen MR) is 182 cm³/mol. The molecule has 48 heavy (non-hydrogen) atoms. The molecule has 0 amide bonds. The lowest BCUT2D eigenvalue weighted by molar-refractivity contribution is -0.149. The Morgan fingerprint density at radius 2 is 1.42 bits per heavy atom. The minimum Gasteiger partial charge on any atom is -0.468 e. The second-order valence-corrected chi connectivity index (χ2v) is 11.7. The Hall–Kier alpha value is -3.91. The molecule has 2 N–H and O–H groups in total. The summed E-state index contributed by atoms with van der Waals surface area (Å²) < 4.78 is 14.5. The van der Waals surface area contributed by atoms with Gasteiger partial charge in [0.05, 0.1) is 40.1 Å². The van der Waals surface area contributed by atoms with Gasteiger partial charge < -0.3 is 34.4 Å². The molecule has 0 radical (unpaired) electrons. The lowest BCUT2D eigenvalue weighted by Crippen LogP contribution is -2.49. The number of hydrogen-bond acceptors (Lipinski definition) is 12. The number of rotatable bonds is 8. The molecule has 2 aromatic rings.